The highest BCUT2D eigenvalue weighted by Crippen LogP contribution is 2.28. The predicted octanol–water partition coefficient (Wildman–Crippen LogP) is 2.13. The van der Waals surface area contributed by atoms with Crippen LogP contribution in [0.2, 0.25) is 0 Å². The second kappa shape index (κ2) is 4.00. The van der Waals surface area contributed by atoms with Gasteiger partial charge in [-0.15, -0.1) is 0 Å². The van der Waals surface area contributed by atoms with Crippen molar-refractivity contribution in [3.63, 3.8) is 0 Å². The predicted molar refractivity (Wildman–Crippen MR) is 67.2 cm³/mol. The van der Waals surface area contributed by atoms with Gasteiger partial charge in [0.15, 0.2) is 0 Å². The van der Waals surface area contributed by atoms with Gasteiger partial charge in [-0.05, 0) is 39.7 Å². The lowest BCUT2D eigenvalue weighted by Crippen LogP contribution is -2.08. The lowest BCUT2D eigenvalue weighted by atomic mass is 10.1. The summed E-state index contributed by atoms with van der Waals surface area (Å²) in [5.74, 6) is 1.50. The summed E-state index contributed by atoms with van der Waals surface area (Å²) in [5.41, 5.74) is 1.89. The molecule has 0 bridgehead atoms. The van der Waals surface area contributed by atoms with Crippen LogP contribution in [0.1, 0.15) is 5.56 Å². The molecule has 0 atom stereocenters. The van der Waals surface area contributed by atoms with Crippen molar-refractivity contribution in [3.8, 4) is 17.1 Å². The third-order valence-corrected chi connectivity index (χ3v) is 3.28. The zero-order valence-corrected chi connectivity index (χ0v) is 10.5. The summed E-state index contributed by atoms with van der Waals surface area (Å²) in [7, 11) is 0. The number of halogens is 1. The van der Waals surface area contributed by atoms with Gasteiger partial charge < -0.3 is 9.72 Å². The van der Waals surface area contributed by atoms with Gasteiger partial charge in [-0.2, -0.15) is 0 Å². The molecular formula is C12H9BrN2O2. The Morgan fingerprint density at radius 2 is 2.29 bits per heavy atom. The first-order chi connectivity index (χ1) is 8.24. The summed E-state index contributed by atoms with van der Waals surface area (Å²) in [4.78, 5) is 18.4. The monoisotopic (exact) mass is 292 g/mol. The van der Waals surface area contributed by atoms with Crippen molar-refractivity contribution < 1.29 is 4.74 Å². The Bertz CT molecular complexity index is 637. The third-order valence-electron chi connectivity index (χ3n) is 2.72. The molecule has 3 rings (SSSR count). The zero-order valence-electron chi connectivity index (χ0n) is 8.87. The van der Waals surface area contributed by atoms with Crippen LogP contribution in [0.15, 0.2) is 33.7 Å². The van der Waals surface area contributed by atoms with Gasteiger partial charge in [0.1, 0.15) is 16.0 Å². The standard InChI is InChI=1S/C12H9BrN2O2/c13-9-6-14-11(15-12(9)16)8-1-2-10-7(5-8)3-4-17-10/h1-2,5-6H,3-4H2,(H,14,15,16). The number of hydrogen-bond acceptors (Lipinski definition) is 3. The van der Waals surface area contributed by atoms with E-state index in [0.29, 0.717) is 10.3 Å². The maximum atomic E-state index is 11.5. The molecule has 4 nitrogen and oxygen atoms in total. The molecule has 0 amide bonds. The molecule has 1 aliphatic heterocycles. The molecule has 2 aromatic rings. The lowest BCUT2D eigenvalue weighted by molar-refractivity contribution is 0.357. The van der Waals surface area contributed by atoms with E-state index in [9.17, 15) is 4.79 Å². The quantitative estimate of drug-likeness (QED) is 0.876. The smallest absolute Gasteiger partial charge is 0.265 e. The molecule has 0 saturated carbocycles. The van der Waals surface area contributed by atoms with E-state index >= 15 is 0 Å². The van der Waals surface area contributed by atoms with E-state index in [1.165, 1.54) is 6.20 Å². The largest absolute Gasteiger partial charge is 0.493 e. The van der Waals surface area contributed by atoms with Crippen molar-refractivity contribution >= 4 is 15.9 Å². The zero-order chi connectivity index (χ0) is 11.8. The molecule has 0 fully saturated rings. The normalized spacial score (nSPS) is 13.2. The van der Waals surface area contributed by atoms with E-state index in [0.717, 1.165) is 29.9 Å². The average Bonchev–Trinajstić information content (AvgIpc) is 2.79. The molecule has 17 heavy (non-hydrogen) atoms. The Morgan fingerprint density at radius 1 is 1.41 bits per heavy atom. The van der Waals surface area contributed by atoms with Gasteiger partial charge in [0, 0.05) is 18.2 Å². The number of benzene rings is 1. The molecule has 0 unspecified atom stereocenters. The molecule has 1 aromatic heterocycles. The van der Waals surface area contributed by atoms with Gasteiger partial charge in [-0.1, -0.05) is 0 Å². The summed E-state index contributed by atoms with van der Waals surface area (Å²) in [6, 6.07) is 5.82. The molecule has 1 aromatic carbocycles. The number of aromatic nitrogens is 2. The number of H-pyrrole nitrogens is 1. The van der Waals surface area contributed by atoms with Crippen LogP contribution in [0.25, 0.3) is 11.4 Å². The Balaban J connectivity index is 2.09. The van der Waals surface area contributed by atoms with E-state index < -0.39 is 0 Å². The van der Waals surface area contributed by atoms with Crippen molar-refractivity contribution in [2.24, 2.45) is 0 Å². The molecule has 0 saturated heterocycles. The molecule has 86 valence electrons. The van der Waals surface area contributed by atoms with Gasteiger partial charge >= 0.3 is 0 Å². The van der Waals surface area contributed by atoms with Crippen molar-refractivity contribution in [2.45, 2.75) is 6.42 Å². The van der Waals surface area contributed by atoms with E-state index in [2.05, 4.69) is 25.9 Å². The number of nitrogens with zero attached hydrogens (tertiary/aromatic N) is 1. The number of hydrogen-bond donors (Lipinski definition) is 1. The van der Waals surface area contributed by atoms with Crippen LogP contribution in [0.3, 0.4) is 0 Å². The molecule has 5 heteroatoms. The fourth-order valence-corrected chi connectivity index (χ4v) is 2.06. The SMILES string of the molecule is O=c1[nH]c(-c2ccc3c(c2)CCO3)ncc1Br. The summed E-state index contributed by atoms with van der Waals surface area (Å²) < 4.78 is 5.87. The fourth-order valence-electron chi connectivity index (χ4n) is 1.86. The van der Waals surface area contributed by atoms with Crippen LogP contribution in [0.4, 0.5) is 0 Å². The van der Waals surface area contributed by atoms with E-state index in [1.807, 2.05) is 18.2 Å². The van der Waals surface area contributed by atoms with Gasteiger partial charge in [0.05, 0.1) is 6.61 Å². The molecule has 2 heterocycles. The van der Waals surface area contributed by atoms with Gasteiger partial charge in [0.2, 0.25) is 0 Å². The maximum Gasteiger partial charge on any atom is 0.265 e. The van der Waals surface area contributed by atoms with Crippen LogP contribution in [-0.4, -0.2) is 16.6 Å². The first kappa shape index (κ1) is 10.5. The number of ether oxygens (including phenoxy) is 1. The number of rotatable bonds is 1. The van der Waals surface area contributed by atoms with Crippen LogP contribution >= 0.6 is 15.9 Å². The van der Waals surface area contributed by atoms with Crippen LogP contribution in [0.5, 0.6) is 5.75 Å². The Kier molecular flexibility index (Phi) is 2.48. The number of fused-ring (bicyclic) bond motifs is 1. The van der Waals surface area contributed by atoms with Crippen LogP contribution < -0.4 is 10.3 Å². The van der Waals surface area contributed by atoms with Crippen molar-refractivity contribution in [1.82, 2.24) is 9.97 Å². The van der Waals surface area contributed by atoms with Gasteiger partial charge in [-0.25, -0.2) is 4.98 Å². The highest BCUT2D eigenvalue weighted by molar-refractivity contribution is 9.10. The minimum atomic E-state index is -0.174. The Hall–Kier alpha value is -1.62. The Labute approximate surface area is 106 Å². The van der Waals surface area contributed by atoms with Crippen molar-refractivity contribution in [3.05, 3.63) is 44.8 Å². The van der Waals surface area contributed by atoms with Crippen molar-refractivity contribution in [2.75, 3.05) is 6.61 Å². The van der Waals surface area contributed by atoms with Gasteiger partial charge in [-0.3, -0.25) is 4.79 Å². The lowest BCUT2D eigenvalue weighted by Gasteiger charge is -2.03. The average molecular weight is 293 g/mol. The third kappa shape index (κ3) is 1.86. The van der Waals surface area contributed by atoms with Crippen molar-refractivity contribution in [1.29, 1.82) is 0 Å². The second-order valence-corrected chi connectivity index (χ2v) is 4.68. The van der Waals surface area contributed by atoms with E-state index in [1.54, 1.807) is 0 Å². The first-order valence-electron chi connectivity index (χ1n) is 5.25. The summed E-state index contributed by atoms with van der Waals surface area (Å²) in [6.07, 6.45) is 2.42. The second-order valence-electron chi connectivity index (χ2n) is 3.83. The number of aromatic amines is 1. The van der Waals surface area contributed by atoms with E-state index in [-0.39, 0.29) is 5.56 Å². The summed E-state index contributed by atoms with van der Waals surface area (Å²) >= 11 is 3.13. The molecule has 1 N–H and O–H groups in total. The molecule has 0 radical (unpaired) electrons. The highest BCUT2D eigenvalue weighted by Gasteiger charge is 2.13. The highest BCUT2D eigenvalue weighted by atomic mass is 79.9. The molecular weight excluding hydrogens is 284 g/mol. The minimum Gasteiger partial charge on any atom is -0.493 e. The summed E-state index contributed by atoms with van der Waals surface area (Å²) in [6.45, 7) is 0.725. The summed E-state index contributed by atoms with van der Waals surface area (Å²) in [5, 5.41) is 0. The minimum absolute atomic E-state index is 0.174. The van der Waals surface area contributed by atoms with Crippen LogP contribution in [-0.2, 0) is 6.42 Å². The first-order valence-corrected chi connectivity index (χ1v) is 6.04. The Morgan fingerprint density at radius 3 is 3.12 bits per heavy atom. The molecule has 0 aliphatic carbocycles. The topological polar surface area (TPSA) is 55.0 Å². The van der Waals surface area contributed by atoms with Crippen LogP contribution in [0, 0.1) is 0 Å². The fraction of sp³-hybridized carbons (Fsp3) is 0.167. The van der Waals surface area contributed by atoms with E-state index in [4.69, 9.17) is 4.74 Å². The molecule has 1 aliphatic rings. The maximum absolute atomic E-state index is 11.5. The molecule has 0 spiro atoms. The van der Waals surface area contributed by atoms with Gasteiger partial charge in [0.25, 0.3) is 5.56 Å². The number of nitrogens with one attached hydrogen (secondary N) is 1.